The lowest BCUT2D eigenvalue weighted by molar-refractivity contribution is -0.141. The molecule has 3 amide bonds. The summed E-state index contributed by atoms with van der Waals surface area (Å²) in [6, 6.07) is 6.38. The molecule has 1 N–H and O–H groups in total. The lowest BCUT2D eigenvalue weighted by Gasteiger charge is -2.35. The van der Waals surface area contributed by atoms with Crippen LogP contribution >= 0.6 is 0 Å². The van der Waals surface area contributed by atoms with Crippen molar-refractivity contribution in [2.75, 3.05) is 26.3 Å². The summed E-state index contributed by atoms with van der Waals surface area (Å²) in [5, 5.41) is 10.4. The highest BCUT2D eigenvalue weighted by atomic mass is 16.6. The average Bonchev–Trinajstić information content (AvgIpc) is 2.95. The van der Waals surface area contributed by atoms with E-state index in [1.807, 2.05) is 6.92 Å². The van der Waals surface area contributed by atoms with Gasteiger partial charge >= 0.3 is 6.09 Å². The second-order valence-corrected chi connectivity index (χ2v) is 6.99. The first-order valence-electron chi connectivity index (χ1n) is 9.94. The number of nitrogens with zero attached hydrogens (tertiary/aromatic N) is 2. The second kappa shape index (κ2) is 8.98. The van der Waals surface area contributed by atoms with Gasteiger partial charge in [0.25, 0.3) is 11.8 Å². The number of amides is 3. The van der Waals surface area contributed by atoms with Gasteiger partial charge < -0.3 is 19.5 Å². The fourth-order valence-corrected chi connectivity index (χ4v) is 3.59. The molecule has 8 nitrogen and oxygen atoms in total. The zero-order valence-electron chi connectivity index (χ0n) is 16.7. The first-order chi connectivity index (χ1) is 14.0. The molecule has 156 valence electrons. The first-order valence-corrected chi connectivity index (χ1v) is 9.94. The summed E-state index contributed by atoms with van der Waals surface area (Å²) in [6.07, 6.45) is 1.38. The minimum atomic E-state index is -0.689. The molecule has 0 saturated carbocycles. The minimum Gasteiger partial charge on any atom is -0.502 e. The van der Waals surface area contributed by atoms with Crippen LogP contribution in [0.1, 0.15) is 38.7 Å². The van der Waals surface area contributed by atoms with Gasteiger partial charge in [-0.1, -0.05) is 19.1 Å². The fraction of sp³-hybridized carbons (Fsp3) is 0.476. The van der Waals surface area contributed by atoms with E-state index in [-0.39, 0.29) is 11.6 Å². The molecule has 8 heteroatoms. The summed E-state index contributed by atoms with van der Waals surface area (Å²) < 4.78 is 10.5. The van der Waals surface area contributed by atoms with Crippen molar-refractivity contribution in [1.82, 2.24) is 9.80 Å². The minimum absolute atomic E-state index is 0.00450. The fourth-order valence-electron chi connectivity index (χ4n) is 3.59. The van der Waals surface area contributed by atoms with Crippen LogP contribution in [-0.2, 0) is 14.3 Å². The summed E-state index contributed by atoms with van der Waals surface area (Å²) in [6.45, 7) is 5.41. The summed E-state index contributed by atoms with van der Waals surface area (Å²) in [5.41, 5.74) is 0.473. The van der Waals surface area contributed by atoms with Gasteiger partial charge in [0.2, 0.25) is 0 Å². The number of likely N-dealkylation sites (tertiary alicyclic amines) is 1. The number of hydrogen-bond acceptors (Lipinski definition) is 6. The monoisotopic (exact) mass is 402 g/mol. The van der Waals surface area contributed by atoms with Crippen LogP contribution in [0.25, 0.3) is 5.57 Å². The number of aliphatic hydroxyl groups is 1. The van der Waals surface area contributed by atoms with E-state index in [0.717, 1.165) is 11.3 Å². The Hall–Kier alpha value is -3.03. The van der Waals surface area contributed by atoms with Gasteiger partial charge in [0.05, 0.1) is 18.8 Å². The molecule has 3 rings (SSSR count). The van der Waals surface area contributed by atoms with E-state index in [2.05, 4.69) is 0 Å². The quantitative estimate of drug-likeness (QED) is 0.735. The van der Waals surface area contributed by atoms with E-state index in [9.17, 15) is 19.5 Å². The number of carbonyl (C=O) groups excluding carboxylic acids is 3. The van der Waals surface area contributed by atoms with E-state index < -0.39 is 23.7 Å². The smallest absolute Gasteiger partial charge is 0.409 e. The number of rotatable bonds is 6. The SMILES string of the molecule is CCCOc1ccc(C2=C(O)C(=O)N(C3CCN(C(=O)OCC)CC3)C2=O)cc1. The van der Waals surface area contributed by atoms with Crippen LogP contribution < -0.4 is 4.74 Å². The molecule has 1 fully saturated rings. The summed E-state index contributed by atoms with van der Waals surface area (Å²) in [4.78, 5) is 40.1. The lowest BCUT2D eigenvalue weighted by atomic mass is 10.0. The molecule has 0 atom stereocenters. The largest absolute Gasteiger partial charge is 0.502 e. The van der Waals surface area contributed by atoms with Crippen LogP contribution in [0.5, 0.6) is 5.75 Å². The Balaban J connectivity index is 1.70. The number of carbonyl (C=O) groups is 3. The van der Waals surface area contributed by atoms with Crippen molar-refractivity contribution >= 4 is 23.5 Å². The molecule has 2 heterocycles. The number of imide groups is 1. The number of hydrogen-bond donors (Lipinski definition) is 1. The molecule has 0 aliphatic carbocycles. The topological polar surface area (TPSA) is 96.4 Å². The third-order valence-electron chi connectivity index (χ3n) is 5.06. The number of benzene rings is 1. The van der Waals surface area contributed by atoms with Crippen LogP contribution in [0.3, 0.4) is 0 Å². The Morgan fingerprint density at radius 3 is 2.34 bits per heavy atom. The van der Waals surface area contributed by atoms with Crippen molar-refractivity contribution in [3.05, 3.63) is 35.6 Å². The Morgan fingerprint density at radius 2 is 1.76 bits per heavy atom. The molecule has 1 aromatic carbocycles. The highest BCUT2D eigenvalue weighted by Gasteiger charge is 2.44. The van der Waals surface area contributed by atoms with Crippen molar-refractivity contribution in [3.63, 3.8) is 0 Å². The maximum absolute atomic E-state index is 13.0. The average molecular weight is 402 g/mol. The third-order valence-corrected chi connectivity index (χ3v) is 5.06. The maximum atomic E-state index is 13.0. The Bertz CT molecular complexity index is 809. The van der Waals surface area contributed by atoms with E-state index in [1.54, 1.807) is 36.1 Å². The summed E-state index contributed by atoms with van der Waals surface area (Å²) >= 11 is 0. The molecular weight excluding hydrogens is 376 g/mol. The van der Waals surface area contributed by atoms with Crippen molar-refractivity contribution in [2.24, 2.45) is 0 Å². The van der Waals surface area contributed by atoms with Crippen molar-refractivity contribution in [1.29, 1.82) is 0 Å². The van der Waals surface area contributed by atoms with Gasteiger partial charge in [-0.15, -0.1) is 0 Å². The van der Waals surface area contributed by atoms with Gasteiger partial charge in [0.1, 0.15) is 5.75 Å². The van der Waals surface area contributed by atoms with Gasteiger partial charge in [0.15, 0.2) is 5.76 Å². The van der Waals surface area contributed by atoms with E-state index in [0.29, 0.717) is 50.5 Å². The van der Waals surface area contributed by atoms with E-state index in [4.69, 9.17) is 9.47 Å². The number of piperidine rings is 1. The third kappa shape index (κ3) is 4.21. The van der Waals surface area contributed by atoms with Crippen LogP contribution in [0.4, 0.5) is 4.79 Å². The molecule has 0 spiro atoms. The molecule has 1 aromatic rings. The predicted molar refractivity (Wildman–Crippen MR) is 105 cm³/mol. The molecule has 2 aliphatic heterocycles. The lowest BCUT2D eigenvalue weighted by Crippen LogP contribution is -2.49. The number of aliphatic hydroxyl groups excluding tert-OH is 1. The van der Waals surface area contributed by atoms with Gasteiger partial charge in [-0.05, 0) is 43.9 Å². The molecule has 0 aromatic heterocycles. The molecule has 0 unspecified atom stereocenters. The van der Waals surface area contributed by atoms with E-state index >= 15 is 0 Å². The Morgan fingerprint density at radius 1 is 1.10 bits per heavy atom. The maximum Gasteiger partial charge on any atom is 0.409 e. The second-order valence-electron chi connectivity index (χ2n) is 6.99. The number of ether oxygens (including phenoxy) is 2. The molecular formula is C21H26N2O6. The van der Waals surface area contributed by atoms with Gasteiger partial charge in [-0.25, -0.2) is 4.79 Å². The Kier molecular flexibility index (Phi) is 6.41. The highest BCUT2D eigenvalue weighted by Crippen LogP contribution is 2.32. The van der Waals surface area contributed by atoms with Crippen molar-refractivity contribution < 1.29 is 29.0 Å². The zero-order valence-corrected chi connectivity index (χ0v) is 16.7. The standard InChI is InChI=1S/C21H26N2O6/c1-3-13-29-16-7-5-14(6-8-16)17-18(24)20(26)23(19(17)25)15-9-11-22(12-10-15)21(27)28-4-2/h5-8,15,24H,3-4,9-13H2,1-2H3. The van der Waals surface area contributed by atoms with Gasteiger partial charge in [-0.3, -0.25) is 14.5 Å². The van der Waals surface area contributed by atoms with Crippen LogP contribution in [-0.4, -0.2) is 65.2 Å². The zero-order chi connectivity index (χ0) is 21.0. The molecule has 0 radical (unpaired) electrons. The molecule has 0 bridgehead atoms. The molecule has 2 aliphatic rings. The van der Waals surface area contributed by atoms with Crippen LogP contribution in [0.15, 0.2) is 30.0 Å². The van der Waals surface area contributed by atoms with Gasteiger partial charge in [0, 0.05) is 19.1 Å². The van der Waals surface area contributed by atoms with E-state index in [1.165, 1.54) is 0 Å². The van der Waals surface area contributed by atoms with Crippen molar-refractivity contribution in [2.45, 2.75) is 39.2 Å². The van der Waals surface area contributed by atoms with Crippen LogP contribution in [0, 0.1) is 0 Å². The van der Waals surface area contributed by atoms with Crippen LogP contribution in [0.2, 0.25) is 0 Å². The molecule has 1 saturated heterocycles. The van der Waals surface area contributed by atoms with Gasteiger partial charge in [-0.2, -0.15) is 0 Å². The first kappa shape index (κ1) is 20.7. The Labute approximate surface area is 169 Å². The van der Waals surface area contributed by atoms with Crippen molar-refractivity contribution in [3.8, 4) is 5.75 Å². The summed E-state index contributed by atoms with van der Waals surface area (Å²) in [5.74, 6) is -1.07. The predicted octanol–water partition coefficient (Wildman–Crippen LogP) is 2.73. The normalized spacial score (nSPS) is 17.9. The highest BCUT2D eigenvalue weighted by molar-refractivity contribution is 6.35. The molecule has 29 heavy (non-hydrogen) atoms. The summed E-state index contributed by atoms with van der Waals surface area (Å²) in [7, 11) is 0.